The van der Waals surface area contributed by atoms with Crippen LogP contribution in [0.15, 0.2) is 47.6 Å². The monoisotopic (exact) mass is 529 g/mol. The standard InChI is InChI=1S/C22H23N7O7S/c1-12(2)19(24-21(32)13-5-4-6-15(9-13)28(33)34)20-25-26-22(27(20)3)37-11-18(31)23-14-7-8-17(30)16(10-14)29(35)36/h4-10,12,19,30H,11H2,1-3H3,(H,23,31)(H,24,32)/t19-/m1/s1. The van der Waals surface area contributed by atoms with Crippen LogP contribution in [0.25, 0.3) is 0 Å². The number of phenols is 1. The Kier molecular flexibility index (Phi) is 8.39. The molecule has 3 N–H and O–H groups in total. The molecule has 0 fully saturated rings. The summed E-state index contributed by atoms with van der Waals surface area (Å²) in [7, 11) is 1.67. The first-order chi connectivity index (χ1) is 17.5. The molecule has 1 heterocycles. The number of thioether (sulfide) groups is 1. The average Bonchev–Trinajstić information content (AvgIpc) is 3.21. The lowest BCUT2D eigenvalue weighted by molar-refractivity contribution is -0.385. The van der Waals surface area contributed by atoms with Gasteiger partial charge in [0.05, 0.1) is 21.6 Å². The molecular weight excluding hydrogens is 506 g/mol. The third-order valence-corrected chi connectivity index (χ3v) is 6.23. The smallest absolute Gasteiger partial charge is 0.312 e. The summed E-state index contributed by atoms with van der Waals surface area (Å²) in [6, 6.07) is 8.30. The first-order valence-electron chi connectivity index (χ1n) is 10.8. The molecule has 2 amide bonds. The number of anilines is 1. The molecule has 0 radical (unpaired) electrons. The summed E-state index contributed by atoms with van der Waals surface area (Å²) in [5.74, 6) is -1.27. The zero-order chi connectivity index (χ0) is 27.3. The second-order valence-corrected chi connectivity index (χ2v) is 9.14. The van der Waals surface area contributed by atoms with Gasteiger partial charge in [0.1, 0.15) is 0 Å². The van der Waals surface area contributed by atoms with Crippen molar-refractivity contribution >= 4 is 40.6 Å². The number of carbonyl (C=O) groups excluding carboxylic acids is 2. The number of rotatable bonds is 10. The molecule has 14 nitrogen and oxygen atoms in total. The molecule has 0 aliphatic carbocycles. The Balaban J connectivity index is 1.68. The zero-order valence-electron chi connectivity index (χ0n) is 19.9. The second-order valence-electron chi connectivity index (χ2n) is 8.20. The van der Waals surface area contributed by atoms with E-state index in [1.54, 1.807) is 11.6 Å². The van der Waals surface area contributed by atoms with Crippen molar-refractivity contribution in [1.82, 2.24) is 20.1 Å². The van der Waals surface area contributed by atoms with Gasteiger partial charge in [0.2, 0.25) is 5.91 Å². The van der Waals surface area contributed by atoms with Crippen molar-refractivity contribution in [3.63, 3.8) is 0 Å². The lowest BCUT2D eigenvalue weighted by atomic mass is 10.0. The highest BCUT2D eigenvalue weighted by molar-refractivity contribution is 7.99. The molecule has 0 saturated carbocycles. The second kappa shape index (κ2) is 11.5. The number of nitrogens with zero attached hydrogens (tertiary/aromatic N) is 5. The molecule has 3 rings (SSSR count). The van der Waals surface area contributed by atoms with Gasteiger partial charge >= 0.3 is 5.69 Å². The molecule has 0 spiro atoms. The van der Waals surface area contributed by atoms with Crippen LogP contribution in [0.2, 0.25) is 0 Å². The van der Waals surface area contributed by atoms with Crippen molar-refractivity contribution in [2.45, 2.75) is 25.0 Å². The van der Waals surface area contributed by atoms with E-state index in [1.807, 2.05) is 13.8 Å². The molecule has 1 atom stereocenters. The van der Waals surface area contributed by atoms with Gasteiger partial charge in [-0.05, 0) is 24.1 Å². The summed E-state index contributed by atoms with van der Waals surface area (Å²) in [4.78, 5) is 45.8. The zero-order valence-corrected chi connectivity index (χ0v) is 20.8. The average molecular weight is 530 g/mol. The fourth-order valence-electron chi connectivity index (χ4n) is 3.31. The summed E-state index contributed by atoms with van der Waals surface area (Å²) in [5.41, 5.74) is -0.457. The van der Waals surface area contributed by atoms with E-state index >= 15 is 0 Å². The fraction of sp³-hybridized carbons (Fsp3) is 0.273. The number of phenolic OH excluding ortho intramolecular Hbond substituents is 1. The first kappa shape index (κ1) is 27.1. The maximum atomic E-state index is 12.8. The minimum atomic E-state index is -0.760. The molecule has 15 heteroatoms. The third-order valence-electron chi connectivity index (χ3n) is 5.21. The van der Waals surface area contributed by atoms with Gasteiger partial charge in [-0.2, -0.15) is 0 Å². The highest BCUT2D eigenvalue weighted by Crippen LogP contribution is 2.29. The van der Waals surface area contributed by atoms with Crippen molar-refractivity contribution in [2.24, 2.45) is 13.0 Å². The Morgan fingerprint density at radius 1 is 1.11 bits per heavy atom. The van der Waals surface area contributed by atoms with Crippen LogP contribution in [0.4, 0.5) is 17.1 Å². The number of non-ortho nitro benzene ring substituents is 1. The predicted octanol–water partition coefficient (Wildman–Crippen LogP) is 3.20. The van der Waals surface area contributed by atoms with Crippen LogP contribution in [-0.2, 0) is 11.8 Å². The normalized spacial score (nSPS) is 11.7. The van der Waals surface area contributed by atoms with Crippen LogP contribution in [0.5, 0.6) is 5.75 Å². The van der Waals surface area contributed by atoms with Crippen molar-refractivity contribution in [1.29, 1.82) is 0 Å². The molecule has 0 unspecified atom stereocenters. The van der Waals surface area contributed by atoms with Crippen LogP contribution in [0, 0.1) is 26.1 Å². The SMILES string of the molecule is CC(C)[C@@H](NC(=O)c1cccc([N+](=O)[O-])c1)c1nnc(SCC(=O)Nc2ccc(O)c([N+](=O)[O-])c2)n1C. The fourth-order valence-corrected chi connectivity index (χ4v) is 4.03. The van der Waals surface area contributed by atoms with E-state index in [4.69, 9.17) is 0 Å². The van der Waals surface area contributed by atoms with E-state index in [9.17, 15) is 34.9 Å². The first-order valence-corrected chi connectivity index (χ1v) is 11.8. The number of aromatic hydroxyl groups is 1. The Morgan fingerprint density at radius 2 is 1.84 bits per heavy atom. The molecule has 0 bridgehead atoms. The van der Waals surface area contributed by atoms with Gasteiger partial charge in [0, 0.05) is 36.5 Å². The van der Waals surface area contributed by atoms with Crippen LogP contribution in [0.1, 0.15) is 36.1 Å². The van der Waals surface area contributed by atoms with E-state index in [1.165, 1.54) is 30.3 Å². The van der Waals surface area contributed by atoms with E-state index in [0.29, 0.717) is 11.0 Å². The Morgan fingerprint density at radius 3 is 2.49 bits per heavy atom. The number of hydrogen-bond donors (Lipinski definition) is 3. The molecule has 37 heavy (non-hydrogen) atoms. The molecule has 3 aromatic rings. The van der Waals surface area contributed by atoms with Gasteiger partial charge in [-0.15, -0.1) is 10.2 Å². The molecule has 0 saturated heterocycles. The predicted molar refractivity (Wildman–Crippen MR) is 133 cm³/mol. The summed E-state index contributed by atoms with van der Waals surface area (Å²) in [6.07, 6.45) is 0. The Bertz CT molecular complexity index is 1360. The van der Waals surface area contributed by atoms with Crippen LogP contribution in [-0.4, -0.2) is 47.3 Å². The summed E-state index contributed by atoms with van der Waals surface area (Å²) >= 11 is 1.06. The summed E-state index contributed by atoms with van der Waals surface area (Å²) in [6.45, 7) is 3.73. The van der Waals surface area contributed by atoms with Gasteiger partial charge in [-0.25, -0.2) is 0 Å². The number of hydrogen-bond acceptors (Lipinski definition) is 10. The van der Waals surface area contributed by atoms with Crippen LogP contribution < -0.4 is 10.6 Å². The molecule has 1 aromatic heterocycles. The van der Waals surface area contributed by atoms with Crippen molar-refractivity contribution in [3.8, 4) is 5.75 Å². The lowest BCUT2D eigenvalue weighted by Gasteiger charge is -2.21. The molecule has 0 aliphatic heterocycles. The maximum Gasteiger partial charge on any atom is 0.312 e. The minimum absolute atomic E-state index is 0.0902. The van der Waals surface area contributed by atoms with Gasteiger partial charge in [0.25, 0.3) is 11.6 Å². The third kappa shape index (κ3) is 6.58. The Labute approximate surface area is 214 Å². The number of benzene rings is 2. The molecule has 194 valence electrons. The minimum Gasteiger partial charge on any atom is -0.502 e. The number of nitrogens with one attached hydrogen (secondary N) is 2. The number of nitro benzene ring substituents is 2. The number of aromatic nitrogens is 3. The largest absolute Gasteiger partial charge is 0.502 e. The highest BCUT2D eigenvalue weighted by Gasteiger charge is 2.26. The van der Waals surface area contributed by atoms with Crippen molar-refractivity contribution in [2.75, 3.05) is 11.1 Å². The van der Waals surface area contributed by atoms with Gasteiger partial charge < -0.3 is 20.3 Å². The molecule has 2 aromatic carbocycles. The molecule has 0 aliphatic rings. The van der Waals surface area contributed by atoms with Gasteiger partial charge in [-0.3, -0.25) is 29.8 Å². The number of carbonyl (C=O) groups is 2. The van der Waals surface area contributed by atoms with Gasteiger partial charge in [0.15, 0.2) is 16.7 Å². The van der Waals surface area contributed by atoms with E-state index in [-0.39, 0.29) is 28.6 Å². The summed E-state index contributed by atoms with van der Waals surface area (Å²) < 4.78 is 1.63. The van der Waals surface area contributed by atoms with Crippen molar-refractivity contribution in [3.05, 3.63) is 74.1 Å². The van der Waals surface area contributed by atoms with Crippen LogP contribution >= 0.6 is 11.8 Å². The van der Waals surface area contributed by atoms with E-state index in [0.717, 1.165) is 23.9 Å². The van der Waals surface area contributed by atoms with E-state index in [2.05, 4.69) is 20.8 Å². The number of nitro groups is 2. The summed E-state index contributed by atoms with van der Waals surface area (Å²) in [5, 5.41) is 45.5. The van der Waals surface area contributed by atoms with Crippen LogP contribution in [0.3, 0.4) is 0 Å². The maximum absolute atomic E-state index is 12.8. The quantitative estimate of drug-likeness (QED) is 0.152. The Hall–Kier alpha value is -4.53. The topological polar surface area (TPSA) is 195 Å². The van der Waals surface area contributed by atoms with Crippen molar-refractivity contribution < 1.29 is 24.5 Å². The highest BCUT2D eigenvalue weighted by atomic mass is 32.2. The molecular formula is C22H23N7O7S. The number of amides is 2. The van der Waals surface area contributed by atoms with E-state index < -0.39 is 39.1 Å². The lowest BCUT2D eigenvalue weighted by Crippen LogP contribution is -2.33. The van der Waals surface area contributed by atoms with Gasteiger partial charge in [-0.1, -0.05) is 31.7 Å².